The third-order valence-corrected chi connectivity index (χ3v) is 3.94. The summed E-state index contributed by atoms with van der Waals surface area (Å²) in [5, 5.41) is 10.0. The topological polar surface area (TPSA) is 102 Å². The van der Waals surface area contributed by atoms with Crippen molar-refractivity contribution in [3.8, 4) is 0 Å². The van der Waals surface area contributed by atoms with Gasteiger partial charge in [0.05, 0.1) is 18.3 Å². The standard InChI is InChI=1S/C18H16ClN5O2/c19-16-7-2-1-4-12(16)10-24-11-13(9-21-24)17(25)22-14-5-3-6-15(8-14)23-18(20)26/h1-9,11H,10H2,(H,22,25)(H3,20,23,26). The number of halogens is 1. The van der Waals surface area contributed by atoms with Crippen LogP contribution in [-0.4, -0.2) is 21.7 Å². The number of hydrogen-bond donors (Lipinski definition) is 3. The molecule has 0 aliphatic heterocycles. The first-order chi connectivity index (χ1) is 12.5. The molecule has 1 heterocycles. The number of urea groups is 1. The Labute approximate surface area is 154 Å². The van der Waals surface area contributed by atoms with Crippen LogP contribution in [0, 0.1) is 0 Å². The van der Waals surface area contributed by atoms with Crippen molar-refractivity contribution < 1.29 is 9.59 Å². The second-order valence-electron chi connectivity index (χ2n) is 5.54. The fourth-order valence-electron chi connectivity index (χ4n) is 2.39. The quantitative estimate of drug-likeness (QED) is 0.642. The Kier molecular flexibility index (Phi) is 5.19. The number of aromatic nitrogens is 2. The van der Waals surface area contributed by atoms with Gasteiger partial charge in [0.15, 0.2) is 0 Å². The molecule has 0 saturated carbocycles. The maximum absolute atomic E-state index is 12.4. The van der Waals surface area contributed by atoms with Crippen molar-refractivity contribution in [2.24, 2.45) is 5.73 Å². The van der Waals surface area contributed by atoms with E-state index in [1.807, 2.05) is 18.2 Å². The number of carbonyl (C=O) groups is 2. The Morgan fingerprint density at radius 1 is 1.08 bits per heavy atom. The van der Waals surface area contributed by atoms with Gasteiger partial charge in [0, 0.05) is 22.6 Å². The molecule has 0 fully saturated rings. The normalized spacial score (nSPS) is 10.3. The number of nitrogens with one attached hydrogen (secondary N) is 2. The molecule has 0 unspecified atom stereocenters. The minimum Gasteiger partial charge on any atom is -0.351 e. The largest absolute Gasteiger partial charge is 0.351 e. The first-order valence-corrected chi connectivity index (χ1v) is 8.13. The minimum absolute atomic E-state index is 0.313. The van der Waals surface area contributed by atoms with Gasteiger partial charge in [0.2, 0.25) is 0 Å². The van der Waals surface area contributed by atoms with Crippen LogP contribution in [0.5, 0.6) is 0 Å². The van der Waals surface area contributed by atoms with Crippen LogP contribution in [0.15, 0.2) is 60.9 Å². The maximum atomic E-state index is 12.4. The highest BCUT2D eigenvalue weighted by Gasteiger charge is 2.10. The summed E-state index contributed by atoms with van der Waals surface area (Å²) >= 11 is 6.14. The van der Waals surface area contributed by atoms with E-state index in [1.165, 1.54) is 6.20 Å². The number of anilines is 2. The summed E-state index contributed by atoms with van der Waals surface area (Å²) in [6.07, 6.45) is 3.13. The van der Waals surface area contributed by atoms with Gasteiger partial charge in [-0.2, -0.15) is 5.10 Å². The Hall–Kier alpha value is -3.32. The average molecular weight is 370 g/mol. The molecule has 3 aromatic rings. The molecule has 0 spiro atoms. The zero-order chi connectivity index (χ0) is 18.5. The summed E-state index contributed by atoms with van der Waals surface area (Å²) in [5.41, 5.74) is 7.42. The Morgan fingerprint density at radius 2 is 1.81 bits per heavy atom. The molecule has 8 heteroatoms. The number of hydrogen-bond acceptors (Lipinski definition) is 3. The molecule has 26 heavy (non-hydrogen) atoms. The summed E-state index contributed by atoms with van der Waals surface area (Å²) < 4.78 is 1.64. The number of amides is 3. The van der Waals surface area contributed by atoms with Crippen LogP contribution in [0.1, 0.15) is 15.9 Å². The van der Waals surface area contributed by atoms with Gasteiger partial charge in [0.1, 0.15) is 0 Å². The molecule has 7 nitrogen and oxygen atoms in total. The molecule has 3 rings (SSSR count). The van der Waals surface area contributed by atoms with E-state index in [0.717, 1.165) is 5.56 Å². The Bertz CT molecular complexity index is 954. The number of nitrogens with zero attached hydrogens (tertiary/aromatic N) is 2. The number of rotatable bonds is 5. The molecule has 0 aliphatic carbocycles. The van der Waals surface area contributed by atoms with Crippen molar-refractivity contribution in [1.29, 1.82) is 0 Å². The van der Waals surface area contributed by atoms with Crippen molar-refractivity contribution in [3.05, 3.63) is 77.1 Å². The SMILES string of the molecule is NC(=O)Nc1cccc(NC(=O)c2cnn(Cc3ccccc3Cl)c2)c1. The van der Waals surface area contributed by atoms with Gasteiger partial charge in [-0.3, -0.25) is 9.48 Å². The Morgan fingerprint density at radius 3 is 2.54 bits per heavy atom. The number of carbonyl (C=O) groups excluding carboxylic acids is 2. The lowest BCUT2D eigenvalue weighted by molar-refractivity contribution is 0.102. The Balaban J connectivity index is 1.68. The third-order valence-electron chi connectivity index (χ3n) is 3.57. The number of primary amides is 1. The zero-order valence-corrected chi connectivity index (χ0v) is 14.4. The highest BCUT2D eigenvalue weighted by atomic mass is 35.5. The van der Waals surface area contributed by atoms with Gasteiger partial charge in [-0.25, -0.2) is 4.79 Å². The fourth-order valence-corrected chi connectivity index (χ4v) is 2.58. The van der Waals surface area contributed by atoms with Crippen LogP contribution in [-0.2, 0) is 6.54 Å². The molecular weight excluding hydrogens is 354 g/mol. The average Bonchev–Trinajstić information content (AvgIpc) is 3.05. The number of nitrogens with two attached hydrogens (primary N) is 1. The summed E-state index contributed by atoms with van der Waals surface area (Å²) in [6.45, 7) is 0.463. The van der Waals surface area contributed by atoms with E-state index in [0.29, 0.717) is 28.5 Å². The molecule has 1 aromatic heterocycles. The molecule has 4 N–H and O–H groups in total. The molecule has 2 aromatic carbocycles. The molecule has 0 radical (unpaired) electrons. The second-order valence-corrected chi connectivity index (χ2v) is 5.95. The van der Waals surface area contributed by atoms with Crippen molar-refractivity contribution in [1.82, 2.24) is 9.78 Å². The molecule has 132 valence electrons. The predicted molar refractivity (Wildman–Crippen MR) is 100 cm³/mol. The molecule has 0 bridgehead atoms. The van der Waals surface area contributed by atoms with Gasteiger partial charge >= 0.3 is 6.03 Å². The smallest absolute Gasteiger partial charge is 0.316 e. The van der Waals surface area contributed by atoms with Crippen molar-refractivity contribution in [2.45, 2.75) is 6.54 Å². The first-order valence-electron chi connectivity index (χ1n) is 7.75. The van der Waals surface area contributed by atoms with E-state index in [4.69, 9.17) is 17.3 Å². The number of benzene rings is 2. The van der Waals surface area contributed by atoms with Crippen LogP contribution in [0.2, 0.25) is 5.02 Å². The van der Waals surface area contributed by atoms with Crippen molar-refractivity contribution >= 4 is 34.9 Å². The summed E-state index contributed by atoms with van der Waals surface area (Å²) in [4.78, 5) is 23.3. The lowest BCUT2D eigenvalue weighted by Gasteiger charge is -2.07. The first kappa shape index (κ1) is 17.5. The van der Waals surface area contributed by atoms with Gasteiger partial charge in [-0.05, 0) is 29.8 Å². The molecule has 0 atom stereocenters. The van der Waals surface area contributed by atoms with Crippen LogP contribution in [0.3, 0.4) is 0 Å². The van der Waals surface area contributed by atoms with Crippen LogP contribution in [0.25, 0.3) is 0 Å². The fraction of sp³-hybridized carbons (Fsp3) is 0.0556. The summed E-state index contributed by atoms with van der Waals surface area (Å²) in [6, 6.07) is 13.5. The predicted octanol–water partition coefficient (Wildman–Crippen LogP) is 3.33. The molecular formula is C18H16ClN5O2. The van der Waals surface area contributed by atoms with Crippen LogP contribution < -0.4 is 16.4 Å². The van der Waals surface area contributed by atoms with E-state index in [9.17, 15) is 9.59 Å². The minimum atomic E-state index is -0.672. The van der Waals surface area contributed by atoms with E-state index in [1.54, 1.807) is 41.2 Å². The second kappa shape index (κ2) is 7.71. The van der Waals surface area contributed by atoms with E-state index >= 15 is 0 Å². The van der Waals surface area contributed by atoms with Crippen LogP contribution >= 0.6 is 11.6 Å². The lowest BCUT2D eigenvalue weighted by Crippen LogP contribution is -2.19. The zero-order valence-electron chi connectivity index (χ0n) is 13.6. The van der Waals surface area contributed by atoms with Gasteiger partial charge in [0.25, 0.3) is 5.91 Å². The van der Waals surface area contributed by atoms with Crippen LogP contribution in [0.4, 0.5) is 16.2 Å². The molecule has 0 aliphatic rings. The summed E-state index contributed by atoms with van der Waals surface area (Å²) in [5.74, 6) is -0.313. The van der Waals surface area contributed by atoms with E-state index < -0.39 is 6.03 Å². The lowest BCUT2D eigenvalue weighted by atomic mass is 10.2. The maximum Gasteiger partial charge on any atom is 0.316 e. The van der Waals surface area contributed by atoms with Gasteiger partial charge in [-0.15, -0.1) is 0 Å². The van der Waals surface area contributed by atoms with Crippen molar-refractivity contribution in [3.63, 3.8) is 0 Å². The van der Waals surface area contributed by atoms with Gasteiger partial charge < -0.3 is 16.4 Å². The summed E-state index contributed by atoms with van der Waals surface area (Å²) in [7, 11) is 0. The van der Waals surface area contributed by atoms with Gasteiger partial charge in [-0.1, -0.05) is 35.9 Å². The molecule has 3 amide bonds. The highest BCUT2D eigenvalue weighted by molar-refractivity contribution is 6.31. The van der Waals surface area contributed by atoms with E-state index in [2.05, 4.69) is 15.7 Å². The molecule has 0 saturated heterocycles. The van der Waals surface area contributed by atoms with E-state index in [-0.39, 0.29) is 5.91 Å². The monoisotopic (exact) mass is 369 g/mol. The third kappa shape index (κ3) is 4.40. The highest BCUT2D eigenvalue weighted by Crippen LogP contribution is 2.17. The van der Waals surface area contributed by atoms with Crippen molar-refractivity contribution in [2.75, 3.05) is 10.6 Å².